The molecule has 1 aliphatic heterocycles. The van der Waals surface area contributed by atoms with Crippen LogP contribution in [0, 0.1) is 21.7 Å². The Bertz CT molecular complexity index is 1570. The molecule has 0 N–H and O–H groups in total. The number of carbonyl (C=O) groups is 4. The smallest absolute Gasteiger partial charge is 0.311 e. The fraction of sp³-hybridized carbons (Fsp3) is 0.610. The van der Waals surface area contributed by atoms with Gasteiger partial charge in [0.1, 0.15) is 24.6 Å². The van der Waals surface area contributed by atoms with Crippen molar-refractivity contribution in [2.75, 3.05) is 13.2 Å². The van der Waals surface area contributed by atoms with Crippen LogP contribution in [0.3, 0.4) is 0 Å². The van der Waals surface area contributed by atoms with Crippen molar-refractivity contribution in [3.05, 3.63) is 64.2 Å². The minimum absolute atomic E-state index is 0.342. The fourth-order valence-electron chi connectivity index (χ4n) is 4.99. The summed E-state index contributed by atoms with van der Waals surface area (Å²) in [7, 11) is 0. The van der Waals surface area contributed by atoms with Gasteiger partial charge in [-0.2, -0.15) is 0 Å². The van der Waals surface area contributed by atoms with Crippen LogP contribution in [0.25, 0.3) is 0 Å². The van der Waals surface area contributed by atoms with Crippen LogP contribution in [0.4, 0.5) is 0 Å². The van der Waals surface area contributed by atoms with Gasteiger partial charge in [-0.3, -0.25) is 19.2 Å². The Kier molecular flexibility index (Phi) is 13.6. The van der Waals surface area contributed by atoms with Gasteiger partial charge in [0.25, 0.3) is 0 Å². The van der Waals surface area contributed by atoms with E-state index in [1.807, 2.05) is 37.3 Å². The number of halogens is 1. The van der Waals surface area contributed by atoms with Gasteiger partial charge in [-0.05, 0) is 131 Å². The van der Waals surface area contributed by atoms with Crippen LogP contribution in [0.1, 0.15) is 113 Å². The van der Waals surface area contributed by atoms with Crippen molar-refractivity contribution >= 4 is 35.5 Å². The maximum atomic E-state index is 13.6. The van der Waals surface area contributed by atoms with E-state index in [1.54, 1.807) is 95.2 Å². The van der Waals surface area contributed by atoms with Crippen molar-refractivity contribution < 1.29 is 47.6 Å². The average Bonchev–Trinajstić information content (AvgIpc) is 3.01. The molecular formula is C41H57ClO10. The summed E-state index contributed by atoms with van der Waals surface area (Å²) < 4.78 is 36.5. The molecule has 1 unspecified atom stereocenters. The van der Waals surface area contributed by atoms with Crippen LogP contribution in [0.15, 0.2) is 42.5 Å². The molecule has 0 aromatic heterocycles. The first-order valence-electron chi connectivity index (χ1n) is 17.8. The molecule has 2 aromatic carbocycles. The fourth-order valence-corrected chi connectivity index (χ4v) is 5.18. The van der Waals surface area contributed by atoms with Gasteiger partial charge < -0.3 is 28.4 Å². The van der Waals surface area contributed by atoms with Crippen molar-refractivity contribution in [2.45, 2.75) is 127 Å². The molecular weight excluding hydrogens is 688 g/mol. The van der Waals surface area contributed by atoms with Crippen LogP contribution in [-0.4, -0.2) is 61.5 Å². The molecule has 5 atom stereocenters. The van der Waals surface area contributed by atoms with Crippen LogP contribution >= 0.6 is 11.6 Å². The molecule has 0 radical (unpaired) electrons. The third-order valence-electron chi connectivity index (χ3n) is 8.22. The zero-order valence-electron chi connectivity index (χ0n) is 33.0. The largest absolute Gasteiger partial charge is 0.494 e. The van der Waals surface area contributed by atoms with Gasteiger partial charge in [0, 0.05) is 5.02 Å². The predicted molar refractivity (Wildman–Crippen MR) is 198 cm³/mol. The quantitative estimate of drug-likeness (QED) is 0.174. The molecule has 1 saturated heterocycles. The van der Waals surface area contributed by atoms with E-state index in [0.29, 0.717) is 23.6 Å². The number of ether oxygens (including phenoxy) is 6. The molecule has 0 amide bonds. The molecule has 3 rings (SSSR count). The van der Waals surface area contributed by atoms with Crippen LogP contribution < -0.4 is 4.74 Å². The van der Waals surface area contributed by atoms with Crippen molar-refractivity contribution in [2.24, 2.45) is 21.7 Å². The maximum Gasteiger partial charge on any atom is 0.311 e. The highest BCUT2D eigenvalue weighted by molar-refractivity contribution is 6.31. The van der Waals surface area contributed by atoms with Gasteiger partial charge in [0.05, 0.1) is 28.3 Å². The van der Waals surface area contributed by atoms with Gasteiger partial charge in [0.15, 0.2) is 18.3 Å². The lowest BCUT2D eigenvalue weighted by Gasteiger charge is -2.46. The summed E-state index contributed by atoms with van der Waals surface area (Å²) >= 11 is 6.74. The number of benzene rings is 2. The molecule has 0 spiro atoms. The van der Waals surface area contributed by atoms with Crippen LogP contribution in [0.2, 0.25) is 5.02 Å². The number of hydrogen-bond acceptors (Lipinski definition) is 10. The Morgan fingerprint density at radius 1 is 0.654 bits per heavy atom. The minimum Gasteiger partial charge on any atom is -0.494 e. The molecule has 0 saturated carbocycles. The highest BCUT2D eigenvalue weighted by atomic mass is 35.5. The minimum atomic E-state index is -1.35. The molecule has 52 heavy (non-hydrogen) atoms. The Morgan fingerprint density at radius 2 is 1.13 bits per heavy atom. The molecule has 10 nitrogen and oxygen atoms in total. The average molecular weight is 745 g/mol. The van der Waals surface area contributed by atoms with Gasteiger partial charge in [-0.1, -0.05) is 35.9 Å². The summed E-state index contributed by atoms with van der Waals surface area (Å²) in [4.78, 5) is 53.8. The molecule has 0 aliphatic carbocycles. The third-order valence-corrected chi connectivity index (χ3v) is 8.59. The zero-order chi connectivity index (χ0) is 39.4. The van der Waals surface area contributed by atoms with E-state index < -0.39 is 76.1 Å². The van der Waals surface area contributed by atoms with E-state index in [4.69, 9.17) is 40.0 Å². The Balaban J connectivity index is 2.23. The van der Waals surface area contributed by atoms with Crippen molar-refractivity contribution in [1.29, 1.82) is 0 Å². The molecule has 1 heterocycles. The van der Waals surface area contributed by atoms with E-state index in [0.717, 1.165) is 16.9 Å². The van der Waals surface area contributed by atoms with Gasteiger partial charge in [-0.15, -0.1) is 0 Å². The lowest BCUT2D eigenvalue weighted by Crippen LogP contribution is -2.61. The summed E-state index contributed by atoms with van der Waals surface area (Å²) in [6.45, 7) is 22.5. The number of hydrogen-bond donors (Lipinski definition) is 0. The molecule has 288 valence electrons. The predicted octanol–water partition coefficient (Wildman–Crippen LogP) is 8.23. The summed E-state index contributed by atoms with van der Waals surface area (Å²) in [5.74, 6) is -1.59. The van der Waals surface area contributed by atoms with Gasteiger partial charge >= 0.3 is 23.9 Å². The molecule has 11 heteroatoms. The van der Waals surface area contributed by atoms with E-state index in [9.17, 15) is 19.2 Å². The summed E-state index contributed by atoms with van der Waals surface area (Å²) in [6.07, 6.45) is -5.70. The standard InChI is InChI=1S/C41H57ClO10/c1-14-47-27-18-15-24(16-19-27)21-26-22-25(17-20-28(26)42)30-32(51-36(45)40(8,9)10)33(52-37(46)41(11,12)13)31(50-35(44)39(5,6)7)29(49-30)23-48-34(43)38(2,3)4/h15-20,22,29-33H,14,21,23H2,1-13H3/t29-,30?,31-,32+,33+/m1/s1. The second kappa shape index (κ2) is 16.6. The topological polar surface area (TPSA) is 124 Å². The van der Waals surface area contributed by atoms with Crippen LogP contribution in [0.5, 0.6) is 5.75 Å². The highest BCUT2D eigenvalue weighted by Gasteiger charge is 2.55. The lowest BCUT2D eigenvalue weighted by atomic mass is 9.88. The SMILES string of the molecule is CCOc1ccc(Cc2cc(C3O[C@H](COC(=O)C(C)(C)C)[C@@H](OC(=O)C(C)(C)C)[C@H](OC(=O)C(C)(C)C)[C@H]3OC(=O)C(C)(C)C)ccc2Cl)cc1. The zero-order valence-corrected chi connectivity index (χ0v) is 33.8. The normalized spacial score (nSPS) is 21.2. The van der Waals surface area contributed by atoms with Gasteiger partial charge in [0.2, 0.25) is 0 Å². The molecule has 1 fully saturated rings. The van der Waals surface area contributed by atoms with E-state index in [1.165, 1.54) is 0 Å². The monoisotopic (exact) mass is 744 g/mol. The molecule has 1 aliphatic rings. The first-order chi connectivity index (χ1) is 23.8. The Hall–Kier alpha value is -3.63. The van der Waals surface area contributed by atoms with Crippen molar-refractivity contribution in [3.63, 3.8) is 0 Å². The summed E-state index contributed by atoms with van der Waals surface area (Å²) in [6, 6.07) is 13.0. The number of rotatable bonds is 10. The third kappa shape index (κ3) is 11.4. The second-order valence-corrected chi connectivity index (χ2v) is 17.8. The first kappa shape index (κ1) is 42.8. The van der Waals surface area contributed by atoms with Crippen LogP contribution in [-0.2, 0) is 49.3 Å². The number of carbonyl (C=O) groups excluding carboxylic acids is 4. The summed E-state index contributed by atoms with van der Waals surface area (Å²) in [5, 5.41) is 0.500. The van der Waals surface area contributed by atoms with Crippen molar-refractivity contribution in [1.82, 2.24) is 0 Å². The summed E-state index contributed by atoms with van der Waals surface area (Å²) in [5.41, 5.74) is -1.47. The second-order valence-electron chi connectivity index (χ2n) is 17.4. The van der Waals surface area contributed by atoms with E-state index >= 15 is 0 Å². The van der Waals surface area contributed by atoms with E-state index in [2.05, 4.69) is 0 Å². The van der Waals surface area contributed by atoms with Crippen molar-refractivity contribution in [3.8, 4) is 5.75 Å². The first-order valence-corrected chi connectivity index (χ1v) is 18.2. The Morgan fingerprint density at radius 3 is 1.62 bits per heavy atom. The Labute approximate surface area is 314 Å². The van der Waals surface area contributed by atoms with Gasteiger partial charge in [-0.25, -0.2) is 0 Å². The molecule has 2 aromatic rings. The lowest BCUT2D eigenvalue weighted by molar-refractivity contribution is -0.262. The number of esters is 4. The van der Waals surface area contributed by atoms with E-state index in [-0.39, 0.29) is 6.61 Å². The maximum absolute atomic E-state index is 13.6. The highest BCUT2D eigenvalue weighted by Crippen LogP contribution is 2.41. The molecule has 0 bridgehead atoms.